The van der Waals surface area contributed by atoms with Crippen LogP contribution in [-0.2, 0) is 4.74 Å². The molecule has 0 fully saturated rings. The number of ether oxygens (including phenoxy) is 2. The molecule has 5 heteroatoms. The highest BCUT2D eigenvalue weighted by Crippen LogP contribution is 2.41. The van der Waals surface area contributed by atoms with Gasteiger partial charge in [0.15, 0.2) is 0 Å². The third-order valence-electron chi connectivity index (χ3n) is 4.50. The van der Waals surface area contributed by atoms with E-state index >= 15 is 0 Å². The Morgan fingerprint density at radius 1 is 1.15 bits per heavy atom. The number of methoxy groups -OCH3 is 1. The third kappa shape index (κ3) is 3.91. The Hall–Kier alpha value is -2.33. The van der Waals surface area contributed by atoms with E-state index in [0.29, 0.717) is 17.3 Å². The largest absolute Gasteiger partial charge is 0.496 e. The Balaban J connectivity index is 2.09. The standard InChI is InChI=1S/C21H22ClNO3/c1-3-26-21(24)19-10-6-9-18(23-19)16-8-5-4-7-15(16)17-12-11-14(22)13-20(17)25-2/h6,9-13H,3-5,7-8H2,1-2H3. The Morgan fingerprint density at radius 3 is 2.65 bits per heavy atom. The van der Waals surface area contributed by atoms with Gasteiger partial charge < -0.3 is 9.47 Å². The van der Waals surface area contributed by atoms with Crippen LogP contribution in [0.2, 0.25) is 5.02 Å². The molecular formula is C21H22ClNO3. The van der Waals surface area contributed by atoms with Crippen LogP contribution in [-0.4, -0.2) is 24.7 Å². The van der Waals surface area contributed by atoms with Gasteiger partial charge >= 0.3 is 5.97 Å². The number of nitrogens with zero attached hydrogens (tertiary/aromatic N) is 1. The molecule has 0 amide bonds. The smallest absolute Gasteiger partial charge is 0.356 e. The third-order valence-corrected chi connectivity index (χ3v) is 4.73. The molecule has 0 saturated carbocycles. The summed E-state index contributed by atoms with van der Waals surface area (Å²) in [5.74, 6) is 0.366. The highest BCUT2D eigenvalue weighted by molar-refractivity contribution is 6.30. The number of rotatable bonds is 5. The van der Waals surface area contributed by atoms with Crippen molar-refractivity contribution in [2.24, 2.45) is 0 Å². The quantitative estimate of drug-likeness (QED) is 0.660. The Bertz CT molecular complexity index is 845. The van der Waals surface area contributed by atoms with E-state index in [9.17, 15) is 4.79 Å². The van der Waals surface area contributed by atoms with E-state index in [1.54, 1.807) is 20.1 Å². The Kier molecular flexibility index (Phi) is 5.94. The van der Waals surface area contributed by atoms with Crippen LogP contribution < -0.4 is 4.74 Å². The molecule has 0 atom stereocenters. The number of aromatic nitrogens is 1. The zero-order chi connectivity index (χ0) is 18.5. The van der Waals surface area contributed by atoms with Crippen LogP contribution in [0.15, 0.2) is 36.4 Å². The lowest BCUT2D eigenvalue weighted by Gasteiger charge is -2.22. The van der Waals surface area contributed by atoms with Gasteiger partial charge in [-0.1, -0.05) is 17.7 Å². The van der Waals surface area contributed by atoms with E-state index in [4.69, 9.17) is 21.1 Å². The van der Waals surface area contributed by atoms with Gasteiger partial charge in [-0.3, -0.25) is 0 Å². The minimum Gasteiger partial charge on any atom is -0.496 e. The summed E-state index contributed by atoms with van der Waals surface area (Å²) >= 11 is 6.11. The summed E-state index contributed by atoms with van der Waals surface area (Å²) in [6.07, 6.45) is 4.07. The minimum absolute atomic E-state index is 0.334. The van der Waals surface area contributed by atoms with Gasteiger partial charge in [0.1, 0.15) is 11.4 Å². The van der Waals surface area contributed by atoms with Crippen LogP contribution >= 0.6 is 11.6 Å². The van der Waals surface area contributed by atoms with Gasteiger partial charge in [0.2, 0.25) is 0 Å². The number of pyridine rings is 1. The lowest BCUT2D eigenvalue weighted by molar-refractivity contribution is 0.0519. The van der Waals surface area contributed by atoms with Gasteiger partial charge in [-0.15, -0.1) is 0 Å². The summed E-state index contributed by atoms with van der Waals surface area (Å²) in [6, 6.07) is 11.2. The van der Waals surface area contributed by atoms with Crippen molar-refractivity contribution in [3.05, 3.63) is 58.4 Å². The molecule has 0 saturated heterocycles. The highest BCUT2D eigenvalue weighted by atomic mass is 35.5. The van der Waals surface area contributed by atoms with Crippen LogP contribution in [0.3, 0.4) is 0 Å². The number of allylic oxidation sites excluding steroid dienone is 2. The normalized spacial score (nSPS) is 14.3. The first-order valence-corrected chi connectivity index (χ1v) is 9.22. The van der Waals surface area contributed by atoms with Crippen molar-refractivity contribution in [2.75, 3.05) is 13.7 Å². The fraction of sp³-hybridized carbons (Fsp3) is 0.333. The number of carbonyl (C=O) groups is 1. The second kappa shape index (κ2) is 8.37. The average Bonchev–Trinajstić information content (AvgIpc) is 2.68. The maximum Gasteiger partial charge on any atom is 0.356 e. The summed E-state index contributed by atoms with van der Waals surface area (Å²) in [5.41, 5.74) is 4.56. The first-order valence-electron chi connectivity index (χ1n) is 8.84. The van der Waals surface area contributed by atoms with Crippen LogP contribution in [0.1, 0.15) is 54.4 Å². The van der Waals surface area contributed by atoms with Gasteiger partial charge in [-0.2, -0.15) is 0 Å². The van der Waals surface area contributed by atoms with Crippen molar-refractivity contribution >= 4 is 28.7 Å². The monoisotopic (exact) mass is 371 g/mol. The summed E-state index contributed by atoms with van der Waals surface area (Å²) in [4.78, 5) is 16.6. The molecule has 1 heterocycles. The van der Waals surface area contributed by atoms with Crippen molar-refractivity contribution < 1.29 is 14.3 Å². The van der Waals surface area contributed by atoms with E-state index in [1.165, 1.54) is 5.57 Å². The molecule has 1 aliphatic carbocycles. The van der Waals surface area contributed by atoms with E-state index in [0.717, 1.165) is 48.3 Å². The van der Waals surface area contributed by atoms with Gasteiger partial charge in [-0.05, 0) is 74.1 Å². The van der Waals surface area contributed by atoms with Crippen molar-refractivity contribution in [1.82, 2.24) is 4.98 Å². The van der Waals surface area contributed by atoms with Crippen molar-refractivity contribution in [1.29, 1.82) is 0 Å². The molecule has 0 unspecified atom stereocenters. The first kappa shape index (κ1) is 18.5. The maximum atomic E-state index is 12.0. The fourth-order valence-corrected chi connectivity index (χ4v) is 3.48. The SMILES string of the molecule is CCOC(=O)c1cccc(C2=C(c3ccc(Cl)cc3OC)CCCC2)n1. The second-order valence-corrected chi connectivity index (χ2v) is 6.57. The molecule has 1 aromatic carbocycles. The topological polar surface area (TPSA) is 48.4 Å². The van der Waals surface area contributed by atoms with Crippen molar-refractivity contribution in [3.63, 3.8) is 0 Å². The van der Waals surface area contributed by atoms with Crippen LogP contribution in [0, 0.1) is 0 Å². The number of halogens is 1. The first-order chi connectivity index (χ1) is 12.6. The minimum atomic E-state index is -0.392. The van der Waals surface area contributed by atoms with E-state index < -0.39 is 5.97 Å². The van der Waals surface area contributed by atoms with Gasteiger partial charge in [0.25, 0.3) is 0 Å². The Labute approximate surface area is 158 Å². The zero-order valence-corrected chi connectivity index (χ0v) is 15.8. The van der Waals surface area contributed by atoms with Crippen molar-refractivity contribution in [2.45, 2.75) is 32.6 Å². The van der Waals surface area contributed by atoms with E-state index in [-0.39, 0.29) is 0 Å². The molecule has 0 N–H and O–H groups in total. The lowest BCUT2D eigenvalue weighted by Crippen LogP contribution is -2.09. The molecule has 4 nitrogen and oxygen atoms in total. The molecule has 136 valence electrons. The maximum absolute atomic E-state index is 12.0. The number of hydrogen-bond donors (Lipinski definition) is 0. The lowest BCUT2D eigenvalue weighted by atomic mass is 9.85. The summed E-state index contributed by atoms with van der Waals surface area (Å²) < 4.78 is 10.6. The van der Waals surface area contributed by atoms with Crippen LogP contribution in [0.25, 0.3) is 11.1 Å². The molecule has 3 rings (SSSR count). The molecule has 0 spiro atoms. The van der Waals surface area contributed by atoms with Gasteiger partial charge in [-0.25, -0.2) is 9.78 Å². The molecule has 0 radical (unpaired) electrons. The number of carbonyl (C=O) groups excluding carboxylic acids is 1. The summed E-state index contributed by atoms with van der Waals surface area (Å²) in [6.45, 7) is 2.12. The van der Waals surface area contributed by atoms with E-state index in [1.807, 2.05) is 30.3 Å². The van der Waals surface area contributed by atoms with Crippen LogP contribution in [0.4, 0.5) is 0 Å². The predicted octanol–water partition coefficient (Wildman–Crippen LogP) is 5.41. The molecule has 26 heavy (non-hydrogen) atoms. The second-order valence-electron chi connectivity index (χ2n) is 6.14. The summed E-state index contributed by atoms with van der Waals surface area (Å²) in [5, 5.41) is 0.644. The number of benzene rings is 1. The molecule has 1 aliphatic rings. The van der Waals surface area contributed by atoms with Crippen LogP contribution in [0.5, 0.6) is 5.75 Å². The summed E-state index contributed by atoms with van der Waals surface area (Å²) in [7, 11) is 1.65. The number of hydrogen-bond acceptors (Lipinski definition) is 4. The molecule has 2 aromatic rings. The molecule has 1 aromatic heterocycles. The molecule has 0 bridgehead atoms. The highest BCUT2D eigenvalue weighted by Gasteiger charge is 2.21. The predicted molar refractivity (Wildman–Crippen MR) is 103 cm³/mol. The number of esters is 1. The Morgan fingerprint density at radius 2 is 1.92 bits per heavy atom. The van der Waals surface area contributed by atoms with Gasteiger partial charge in [0, 0.05) is 10.6 Å². The average molecular weight is 372 g/mol. The molecular weight excluding hydrogens is 350 g/mol. The zero-order valence-electron chi connectivity index (χ0n) is 15.0. The van der Waals surface area contributed by atoms with E-state index in [2.05, 4.69) is 4.98 Å². The molecule has 0 aliphatic heterocycles. The fourth-order valence-electron chi connectivity index (χ4n) is 3.32. The van der Waals surface area contributed by atoms with Gasteiger partial charge in [0.05, 0.1) is 19.4 Å². The van der Waals surface area contributed by atoms with Crippen molar-refractivity contribution in [3.8, 4) is 5.75 Å².